The molecule has 4 N–H and O–H groups in total. The van der Waals surface area contributed by atoms with Gasteiger partial charge in [-0.15, -0.1) is 0 Å². The van der Waals surface area contributed by atoms with Gasteiger partial charge in [0.2, 0.25) is 0 Å². The zero-order valence-corrected chi connectivity index (χ0v) is 33.9. The van der Waals surface area contributed by atoms with Crippen LogP contribution in [0, 0.1) is 0 Å². The third kappa shape index (κ3) is 6.23. The van der Waals surface area contributed by atoms with Crippen molar-refractivity contribution < 1.29 is 39.6 Å². The molecule has 0 radical (unpaired) electrons. The molecule has 0 saturated carbocycles. The zero-order valence-electron chi connectivity index (χ0n) is 32.0. The number of halogens is 1. The lowest BCUT2D eigenvalue weighted by Gasteiger charge is -2.24. The van der Waals surface area contributed by atoms with Crippen LogP contribution in [0.2, 0.25) is 0 Å². The van der Waals surface area contributed by atoms with E-state index in [2.05, 4.69) is 7.10 Å². The first kappa shape index (κ1) is 38.4. The van der Waals surface area contributed by atoms with E-state index >= 15 is 0 Å². The van der Waals surface area contributed by atoms with E-state index in [1.165, 1.54) is 48.5 Å². The molecule has 4 aromatic carbocycles. The van der Waals surface area contributed by atoms with Gasteiger partial charge in [-0.3, -0.25) is 0 Å². The number of aliphatic imine (C=N–C) groups is 2. The molecule has 62 heavy (non-hydrogen) atoms. The number of carbonyl (C=O) groups is 4. The van der Waals surface area contributed by atoms with E-state index in [-0.39, 0.29) is 22.3 Å². The number of aromatic nitrogens is 2. The molecule has 0 spiro atoms. The number of nitrogens with zero attached hydrogens (tertiary/aromatic N) is 4. The molecule has 0 saturated heterocycles. The van der Waals surface area contributed by atoms with E-state index < -0.39 is 37.5 Å². The van der Waals surface area contributed by atoms with Crippen molar-refractivity contribution in [2.75, 3.05) is 0 Å². The lowest BCUT2D eigenvalue weighted by Crippen LogP contribution is -2.46. The molecule has 0 fully saturated rings. The van der Waals surface area contributed by atoms with Gasteiger partial charge in [0, 0.05) is 44.4 Å². The van der Waals surface area contributed by atoms with Crippen molar-refractivity contribution in [3.63, 3.8) is 0 Å². The molecule has 14 heteroatoms. The summed E-state index contributed by atoms with van der Waals surface area (Å²) in [6, 6.07) is 34.0. The summed E-state index contributed by atoms with van der Waals surface area (Å²) >= 11 is -3.16. The summed E-state index contributed by atoms with van der Waals surface area (Å²) in [5, 5.41) is 40.6. The van der Waals surface area contributed by atoms with E-state index in [1.807, 2.05) is 48.6 Å². The van der Waals surface area contributed by atoms with Crippen LogP contribution in [-0.2, 0) is 0 Å². The molecule has 12 nitrogen and oxygen atoms in total. The van der Waals surface area contributed by atoms with Crippen LogP contribution in [0.25, 0.3) is 22.3 Å². The minimum absolute atomic E-state index is 0.105. The van der Waals surface area contributed by atoms with Gasteiger partial charge in [-0.2, -0.15) is 10.0 Å². The molecule has 0 atom stereocenters. The lowest BCUT2D eigenvalue weighted by molar-refractivity contribution is 0.0686. The predicted molar refractivity (Wildman–Crippen MR) is 234 cm³/mol. The fraction of sp³-hybridized carbons (Fsp3) is 0. The fourth-order valence-corrected chi connectivity index (χ4v) is 11.7. The maximum absolute atomic E-state index is 12.0. The van der Waals surface area contributed by atoms with Crippen molar-refractivity contribution in [2.45, 2.75) is 0 Å². The highest BCUT2D eigenvalue weighted by molar-refractivity contribution is 7.05. The first-order valence-corrected chi connectivity index (χ1v) is 21.9. The van der Waals surface area contributed by atoms with E-state index in [0.717, 1.165) is 0 Å². The van der Waals surface area contributed by atoms with Crippen LogP contribution in [0.5, 0.6) is 0 Å². The first-order valence-electron chi connectivity index (χ1n) is 19.2. The first-order chi connectivity index (χ1) is 30.0. The lowest BCUT2D eigenvalue weighted by atomic mass is 9.99. The van der Waals surface area contributed by atoms with Gasteiger partial charge in [-0.05, 0) is 119 Å². The van der Waals surface area contributed by atoms with E-state index in [1.54, 1.807) is 48.5 Å². The molecule has 0 aliphatic carbocycles. The molecule has 298 valence electrons. The maximum atomic E-state index is 12.0. The van der Waals surface area contributed by atoms with Gasteiger partial charge in [-0.25, -0.2) is 29.2 Å². The largest absolute Gasteiger partial charge is 0.717 e. The van der Waals surface area contributed by atoms with Crippen molar-refractivity contribution >= 4 is 81.3 Å². The van der Waals surface area contributed by atoms with Crippen LogP contribution in [0.1, 0.15) is 75.1 Å². The summed E-state index contributed by atoms with van der Waals surface area (Å²) in [5.41, 5.74) is 9.41. The van der Waals surface area contributed by atoms with Gasteiger partial charge < -0.3 is 27.5 Å². The molecular formula is C48H28AlClN4O8. The fourth-order valence-electron chi connectivity index (χ4n) is 8.39. The highest BCUT2D eigenvalue weighted by atomic mass is 35.6. The second-order valence-corrected chi connectivity index (χ2v) is 17.5. The van der Waals surface area contributed by atoms with Gasteiger partial charge in [0.25, 0.3) is 0 Å². The Morgan fingerprint density at radius 3 is 1.02 bits per heavy atom. The molecule has 4 aliphatic heterocycles. The van der Waals surface area contributed by atoms with Crippen molar-refractivity contribution in [1.29, 1.82) is 0 Å². The average molecular weight is 851 g/mol. The molecule has 10 rings (SSSR count). The Hall–Kier alpha value is -7.82. The second-order valence-electron chi connectivity index (χ2n) is 14.7. The van der Waals surface area contributed by atoms with Gasteiger partial charge in [-0.1, -0.05) is 48.5 Å². The predicted octanol–water partition coefficient (Wildman–Crippen LogP) is 6.67. The summed E-state index contributed by atoms with van der Waals surface area (Å²) in [6.45, 7) is 0. The van der Waals surface area contributed by atoms with E-state index in [4.69, 9.17) is 20.0 Å². The summed E-state index contributed by atoms with van der Waals surface area (Å²) in [5.74, 6) is -4.30. The zero-order chi connectivity index (χ0) is 43.0. The van der Waals surface area contributed by atoms with E-state index in [9.17, 15) is 39.6 Å². The van der Waals surface area contributed by atoms with Crippen LogP contribution in [-0.4, -0.2) is 76.5 Å². The molecule has 6 bridgehead atoms. The number of carboxylic acids is 4. The van der Waals surface area contributed by atoms with E-state index in [0.29, 0.717) is 89.4 Å². The smallest absolute Gasteiger partial charge is 0.478 e. The van der Waals surface area contributed by atoms with Gasteiger partial charge in [0.05, 0.1) is 45.1 Å². The van der Waals surface area contributed by atoms with Crippen LogP contribution in [0.3, 0.4) is 0 Å². The molecule has 4 aliphatic rings. The number of hydrogen-bond acceptors (Lipinski definition) is 6. The number of hydrogen-bond donors (Lipinski definition) is 4. The molecule has 6 heterocycles. The highest BCUT2D eigenvalue weighted by Crippen LogP contribution is 2.40. The summed E-state index contributed by atoms with van der Waals surface area (Å²) in [6.07, 6.45) is 7.56. The highest BCUT2D eigenvalue weighted by Gasteiger charge is 2.37. The minimum Gasteiger partial charge on any atom is -0.478 e. The average Bonchev–Trinajstić information content (AvgIpc) is 4.11. The standard InChI is InChI=1S/C48H30N4O8.Al.ClH/c53-45(54)29-9-1-25(2-10-29)41-33-17-19-35(49-33)42(26-3-11-30(12-4-26)46(55)56)37-21-23-39(51-37)44(28-7-15-32(16-8-28)48(59)60)40-24-22-38(52-40)43(36-20-18-34(41)50-36)27-5-13-31(14-6-27)47(57)58;;/h1-24H,(H6,49,50,51,52,53,54,55,56,57,58,59,60);;1H/q;+3;/p-3. The number of fused-ring (bicyclic) bond motifs is 2. The summed E-state index contributed by atoms with van der Waals surface area (Å²) in [4.78, 5) is 58.5. The van der Waals surface area contributed by atoms with Crippen molar-refractivity contribution in [3.8, 4) is 0 Å². The molecular weight excluding hydrogens is 823 g/mol. The maximum Gasteiger partial charge on any atom is 0.717 e. The molecule has 6 aromatic rings. The number of rotatable bonds is 8. The topological polar surface area (TPSA) is 184 Å². The Morgan fingerprint density at radius 2 is 0.710 bits per heavy atom. The van der Waals surface area contributed by atoms with Crippen LogP contribution in [0.15, 0.2) is 167 Å². The van der Waals surface area contributed by atoms with Crippen LogP contribution in [0.4, 0.5) is 0 Å². The number of benzene rings is 4. The van der Waals surface area contributed by atoms with Crippen LogP contribution < -0.4 is 10.7 Å². The number of aromatic carboxylic acids is 4. The third-order valence-electron chi connectivity index (χ3n) is 11.3. The summed E-state index contributed by atoms with van der Waals surface area (Å²) in [7, 11) is 8.18. The van der Waals surface area contributed by atoms with Gasteiger partial charge in [0.15, 0.2) is 0 Å². The Morgan fingerprint density at radius 1 is 0.403 bits per heavy atom. The normalized spacial score (nSPS) is 14.9. The third-order valence-corrected chi connectivity index (χ3v) is 14.4. The van der Waals surface area contributed by atoms with Crippen molar-refractivity contribution in [3.05, 3.63) is 224 Å². The number of allylic oxidation sites excluding steroid dienone is 4. The van der Waals surface area contributed by atoms with Gasteiger partial charge >= 0.3 is 37.5 Å². The molecule has 0 amide bonds. The molecule has 2 aromatic heterocycles. The minimum atomic E-state index is -3.16. The monoisotopic (exact) mass is 850 g/mol. The van der Waals surface area contributed by atoms with Crippen LogP contribution >= 0.6 is 10.0 Å². The summed E-state index contributed by atoms with van der Waals surface area (Å²) < 4.78 is 4.18. The Bertz CT molecular complexity index is 3110. The van der Waals surface area contributed by atoms with Crippen molar-refractivity contribution in [1.82, 2.24) is 7.10 Å². The SMILES string of the molecule is O=C(O)c1ccc(C2=C3C=CC(=N3)C(c3ccc(C(=O)O)cc3)=c3ccc4[n]3[Al]([Cl])[n]3c2ccc3C(c2ccc(C(=O)O)cc2)=C2C=CC(=N2)C=4c2ccc(C(=O)O)cc2)cc1. The Balaban J connectivity index is 1.39. The Kier molecular flexibility index (Phi) is 9.12. The quantitative estimate of drug-likeness (QED) is 0.123. The van der Waals surface area contributed by atoms with Crippen molar-refractivity contribution in [2.24, 2.45) is 9.98 Å². The second kappa shape index (κ2) is 14.7. The Labute approximate surface area is 360 Å². The van der Waals surface area contributed by atoms with Gasteiger partial charge in [0.1, 0.15) is 0 Å². The molecule has 0 unspecified atom stereocenters. The number of carboxylic acid groups (broad SMARTS) is 4.